The molecule has 1 amide bonds. The van der Waals surface area contributed by atoms with Crippen LogP contribution in [0.2, 0.25) is 0 Å². The minimum absolute atomic E-state index is 0.120. The van der Waals surface area contributed by atoms with Gasteiger partial charge in [0.2, 0.25) is 5.91 Å². The molecule has 1 atom stereocenters. The van der Waals surface area contributed by atoms with Gasteiger partial charge in [-0.1, -0.05) is 12.1 Å². The van der Waals surface area contributed by atoms with Crippen LogP contribution in [0.25, 0.3) is 0 Å². The van der Waals surface area contributed by atoms with Gasteiger partial charge in [-0.2, -0.15) is 8.78 Å². The molecule has 0 radical (unpaired) electrons. The first-order valence-corrected chi connectivity index (χ1v) is 7.56. The largest absolute Gasteiger partial charge is 0.493 e. The number of nitrogens with one attached hydrogen (secondary N) is 2. The summed E-state index contributed by atoms with van der Waals surface area (Å²) in [6.45, 7) is 0.538. The Morgan fingerprint density at radius 2 is 2.08 bits per heavy atom. The maximum Gasteiger partial charge on any atom is 0.387 e. The summed E-state index contributed by atoms with van der Waals surface area (Å²) in [5, 5.41) is 9.29. The third kappa shape index (κ3) is 5.07. The van der Waals surface area contributed by atoms with Crippen molar-refractivity contribution >= 4 is 17.4 Å². The Bertz CT molecular complexity index is 721. The number of aromatic nitrogens is 1. The van der Waals surface area contributed by atoms with Crippen molar-refractivity contribution in [3.63, 3.8) is 0 Å². The summed E-state index contributed by atoms with van der Waals surface area (Å²) in [7, 11) is 1.35. The van der Waals surface area contributed by atoms with Gasteiger partial charge >= 0.3 is 6.61 Å². The Balaban J connectivity index is 2.10. The van der Waals surface area contributed by atoms with Crippen molar-refractivity contribution in [2.75, 3.05) is 17.7 Å². The van der Waals surface area contributed by atoms with Gasteiger partial charge < -0.3 is 24.6 Å². The second kappa shape index (κ2) is 8.32. The van der Waals surface area contributed by atoms with Gasteiger partial charge in [0.05, 0.1) is 7.11 Å². The number of carbonyl (C=O) groups excluding carboxylic acids is 1. The molecule has 0 fully saturated rings. The molecule has 1 aromatic carbocycles. The van der Waals surface area contributed by atoms with E-state index in [1.54, 1.807) is 19.1 Å². The van der Waals surface area contributed by atoms with E-state index in [1.165, 1.54) is 19.2 Å². The SMILES string of the molecule is CCC(Nc1ccc(OC)c(OC(F)F)c1)C(=O)Nc1cc(C)on1. The van der Waals surface area contributed by atoms with Gasteiger partial charge in [0.1, 0.15) is 11.8 Å². The van der Waals surface area contributed by atoms with Gasteiger partial charge in [-0.05, 0) is 25.5 Å². The first kappa shape index (κ1) is 18.5. The van der Waals surface area contributed by atoms with E-state index in [0.29, 0.717) is 23.7 Å². The van der Waals surface area contributed by atoms with Crippen LogP contribution in [-0.2, 0) is 4.79 Å². The van der Waals surface area contributed by atoms with Crippen LogP contribution in [0.4, 0.5) is 20.3 Å². The van der Waals surface area contributed by atoms with Crippen LogP contribution < -0.4 is 20.1 Å². The van der Waals surface area contributed by atoms with Crippen molar-refractivity contribution in [3.8, 4) is 11.5 Å². The molecule has 0 bridgehead atoms. The van der Waals surface area contributed by atoms with Crippen molar-refractivity contribution in [1.82, 2.24) is 5.16 Å². The van der Waals surface area contributed by atoms with Crippen LogP contribution in [0.1, 0.15) is 19.1 Å². The van der Waals surface area contributed by atoms with Gasteiger partial charge in [0.15, 0.2) is 17.3 Å². The van der Waals surface area contributed by atoms with Crippen molar-refractivity contribution in [2.24, 2.45) is 0 Å². The number of anilines is 2. The van der Waals surface area contributed by atoms with E-state index in [2.05, 4.69) is 20.5 Å². The highest BCUT2D eigenvalue weighted by molar-refractivity contribution is 5.95. The summed E-state index contributed by atoms with van der Waals surface area (Å²) in [4.78, 5) is 12.3. The quantitative estimate of drug-likeness (QED) is 0.755. The molecule has 0 saturated carbocycles. The average Bonchev–Trinajstić information content (AvgIpc) is 2.97. The molecule has 7 nitrogen and oxygen atoms in total. The molecule has 1 aromatic heterocycles. The van der Waals surface area contributed by atoms with E-state index in [1.807, 2.05) is 6.92 Å². The molecule has 0 saturated heterocycles. The lowest BCUT2D eigenvalue weighted by Gasteiger charge is -2.18. The lowest BCUT2D eigenvalue weighted by Crippen LogP contribution is -2.34. The summed E-state index contributed by atoms with van der Waals surface area (Å²) in [6, 6.07) is 5.41. The Morgan fingerprint density at radius 1 is 1.32 bits per heavy atom. The van der Waals surface area contributed by atoms with Gasteiger partial charge in [-0.3, -0.25) is 4.79 Å². The molecule has 2 rings (SSSR count). The molecule has 0 aliphatic heterocycles. The highest BCUT2D eigenvalue weighted by Crippen LogP contribution is 2.31. The number of amides is 1. The third-order valence-electron chi connectivity index (χ3n) is 3.32. The smallest absolute Gasteiger partial charge is 0.387 e. The van der Waals surface area contributed by atoms with E-state index in [4.69, 9.17) is 9.26 Å². The number of rotatable bonds is 8. The normalized spacial score (nSPS) is 11.9. The maximum absolute atomic E-state index is 12.5. The van der Waals surface area contributed by atoms with Gasteiger partial charge in [0.25, 0.3) is 0 Å². The summed E-state index contributed by atoms with van der Waals surface area (Å²) in [5.74, 6) is 0.591. The molecule has 1 heterocycles. The number of methoxy groups -OCH3 is 1. The summed E-state index contributed by atoms with van der Waals surface area (Å²) < 4.78 is 39.3. The number of hydrogen-bond donors (Lipinski definition) is 2. The van der Waals surface area contributed by atoms with Crippen molar-refractivity contribution in [1.29, 1.82) is 0 Å². The number of ether oxygens (including phenoxy) is 2. The molecule has 25 heavy (non-hydrogen) atoms. The fourth-order valence-corrected chi connectivity index (χ4v) is 2.15. The van der Waals surface area contributed by atoms with E-state index in [0.717, 1.165) is 0 Å². The molecule has 0 aliphatic carbocycles. The van der Waals surface area contributed by atoms with Crippen molar-refractivity contribution in [2.45, 2.75) is 32.9 Å². The van der Waals surface area contributed by atoms with Crippen LogP contribution in [-0.4, -0.2) is 30.8 Å². The van der Waals surface area contributed by atoms with E-state index < -0.39 is 12.7 Å². The molecule has 0 spiro atoms. The first-order valence-electron chi connectivity index (χ1n) is 7.56. The molecule has 1 unspecified atom stereocenters. The van der Waals surface area contributed by atoms with Crippen LogP contribution in [0.15, 0.2) is 28.8 Å². The minimum Gasteiger partial charge on any atom is -0.493 e. The Labute approximate surface area is 143 Å². The maximum atomic E-state index is 12.5. The first-order chi connectivity index (χ1) is 11.9. The Kier molecular flexibility index (Phi) is 6.15. The zero-order valence-corrected chi connectivity index (χ0v) is 14.0. The molecule has 2 N–H and O–H groups in total. The lowest BCUT2D eigenvalue weighted by atomic mass is 10.2. The number of benzene rings is 1. The molecular formula is C16H19F2N3O4. The molecule has 136 valence electrons. The Morgan fingerprint density at radius 3 is 2.64 bits per heavy atom. The predicted octanol–water partition coefficient (Wildman–Crippen LogP) is 3.42. The third-order valence-corrected chi connectivity index (χ3v) is 3.32. The van der Waals surface area contributed by atoms with Gasteiger partial charge in [0, 0.05) is 17.8 Å². The second-order valence-electron chi connectivity index (χ2n) is 5.16. The van der Waals surface area contributed by atoms with Gasteiger partial charge in [-0.15, -0.1) is 0 Å². The van der Waals surface area contributed by atoms with Crippen molar-refractivity contribution < 1.29 is 27.6 Å². The number of carbonyl (C=O) groups is 1. The highest BCUT2D eigenvalue weighted by Gasteiger charge is 2.19. The van der Waals surface area contributed by atoms with E-state index in [-0.39, 0.29) is 17.4 Å². The number of alkyl halides is 2. The van der Waals surface area contributed by atoms with Crippen molar-refractivity contribution in [3.05, 3.63) is 30.0 Å². The number of nitrogens with zero attached hydrogens (tertiary/aromatic N) is 1. The molecule has 9 heteroatoms. The minimum atomic E-state index is -2.98. The number of aryl methyl sites for hydroxylation is 1. The lowest BCUT2D eigenvalue weighted by molar-refractivity contribution is -0.117. The topological polar surface area (TPSA) is 85.6 Å². The number of halogens is 2. The Hall–Kier alpha value is -2.84. The molecular weight excluding hydrogens is 336 g/mol. The van der Waals surface area contributed by atoms with Crippen LogP contribution in [0, 0.1) is 6.92 Å². The zero-order chi connectivity index (χ0) is 18.4. The second-order valence-corrected chi connectivity index (χ2v) is 5.16. The van der Waals surface area contributed by atoms with Crippen LogP contribution in [0.3, 0.4) is 0 Å². The standard InChI is InChI=1S/C16H19F2N3O4/c1-4-11(15(22)20-14-7-9(2)25-21-14)19-10-5-6-12(23-3)13(8-10)24-16(17)18/h5-8,11,16,19H,4H2,1-3H3,(H,20,21,22). The average molecular weight is 355 g/mol. The zero-order valence-electron chi connectivity index (χ0n) is 14.0. The highest BCUT2D eigenvalue weighted by atomic mass is 19.3. The fourth-order valence-electron chi connectivity index (χ4n) is 2.15. The van der Waals surface area contributed by atoms with E-state index in [9.17, 15) is 13.6 Å². The summed E-state index contributed by atoms with van der Waals surface area (Å²) in [6.07, 6.45) is 0.458. The summed E-state index contributed by atoms with van der Waals surface area (Å²) >= 11 is 0. The summed E-state index contributed by atoms with van der Waals surface area (Å²) in [5.41, 5.74) is 0.440. The molecule has 0 aliphatic rings. The van der Waals surface area contributed by atoms with Gasteiger partial charge in [-0.25, -0.2) is 0 Å². The van der Waals surface area contributed by atoms with Crippen LogP contribution in [0.5, 0.6) is 11.5 Å². The fraction of sp³-hybridized carbons (Fsp3) is 0.375. The predicted molar refractivity (Wildman–Crippen MR) is 87.2 cm³/mol. The van der Waals surface area contributed by atoms with E-state index >= 15 is 0 Å². The number of hydrogen-bond acceptors (Lipinski definition) is 6. The monoisotopic (exact) mass is 355 g/mol. The van der Waals surface area contributed by atoms with Crippen LogP contribution >= 0.6 is 0 Å². The molecule has 2 aromatic rings.